The topological polar surface area (TPSA) is 85.8 Å². The Morgan fingerprint density at radius 1 is 1.05 bits per heavy atom. The number of amides is 1. The van der Waals surface area contributed by atoms with Crippen molar-refractivity contribution in [2.75, 3.05) is 29.4 Å². The summed E-state index contributed by atoms with van der Waals surface area (Å²) in [6, 6.07) is 14.0. The van der Waals surface area contributed by atoms with E-state index < -0.39 is 5.60 Å². The summed E-state index contributed by atoms with van der Waals surface area (Å²) in [5, 5.41) is 14.2. The van der Waals surface area contributed by atoms with Crippen molar-refractivity contribution in [1.29, 1.82) is 0 Å². The van der Waals surface area contributed by atoms with E-state index in [9.17, 15) is 14.7 Å². The molecule has 2 N–H and O–H groups in total. The van der Waals surface area contributed by atoms with E-state index in [0.717, 1.165) is 68.8 Å². The first-order chi connectivity index (χ1) is 17.8. The van der Waals surface area contributed by atoms with Crippen molar-refractivity contribution in [3.05, 3.63) is 53.7 Å². The Bertz CT molecular complexity index is 1170. The predicted octanol–water partition coefficient (Wildman–Crippen LogP) is 4.06. The second-order valence-electron chi connectivity index (χ2n) is 11.9. The van der Waals surface area contributed by atoms with E-state index in [1.165, 1.54) is 0 Å². The maximum absolute atomic E-state index is 13.3. The van der Waals surface area contributed by atoms with Crippen molar-refractivity contribution in [2.45, 2.75) is 70.1 Å². The van der Waals surface area contributed by atoms with Crippen LogP contribution in [0.25, 0.3) is 0 Å². The molecule has 4 aliphatic carbocycles. The first-order valence-corrected chi connectivity index (χ1v) is 14.0. The van der Waals surface area contributed by atoms with Gasteiger partial charge in [0, 0.05) is 49.4 Å². The van der Waals surface area contributed by atoms with Crippen molar-refractivity contribution in [1.82, 2.24) is 10.3 Å². The first-order valence-electron chi connectivity index (χ1n) is 14.0. The highest BCUT2D eigenvalue weighted by molar-refractivity contribution is 5.96. The molecule has 2 aromatic rings. The quantitative estimate of drug-likeness (QED) is 0.580. The van der Waals surface area contributed by atoms with Gasteiger partial charge in [0.1, 0.15) is 11.5 Å². The molecule has 0 radical (unpaired) electrons. The molecule has 7 heteroatoms. The molecular weight excluding hydrogens is 464 g/mol. The predicted molar refractivity (Wildman–Crippen MR) is 144 cm³/mol. The number of anilines is 2. The highest BCUT2D eigenvalue weighted by Crippen LogP contribution is 2.55. The van der Waals surface area contributed by atoms with Gasteiger partial charge in [-0.3, -0.25) is 9.59 Å². The SMILES string of the molecule is CCC(=O)c1ccc(N2CCN(c3cccc(C(=O)N[C@H]4C5CC6CC4C[C@](O)(C6)C5)n3)[C@H](C)C2)cc1. The van der Waals surface area contributed by atoms with Gasteiger partial charge in [-0.1, -0.05) is 13.0 Å². The number of rotatable bonds is 6. The molecule has 7 rings (SSSR count). The van der Waals surface area contributed by atoms with Gasteiger partial charge in [0.15, 0.2) is 5.78 Å². The third-order valence-electron chi connectivity index (χ3n) is 9.30. The van der Waals surface area contributed by atoms with Gasteiger partial charge < -0.3 is 20.2 Å². The van der Waals surface area contributed by atoms with E-state index in [1.54, 1.807) is 0 Å². The molecule has 196 valence electrons. The minimum Gasteiger partial charge on any atom is -0.390 e. The molecule has 4 saturated carbocycles. The van der Waals surface area contributed by atoms with Crippen LogP contribution in [0.3, 0.4) is 0 Å². The van der Waals surface area contributed by atoms with Crippen molar-refractivity contribution >= 4 is 23.2 Å². The monoisotopic (exact) mass is 502 g/mol. The van der Waals surface area contributed by atoms with Gasteiger partial charge in [0.25, 0.3) is 5.91 Å². The number of pyridine rings is 1. The Hall–Kier alpha value is -2.93. The molecule has 5 aliphatic rings. The van der Waals surface area contributed by atoms with Gasteiger partial charge >= 0.3 is 0 Å². The van der Waals surface area contributed by atoms with Gasteiger partial charge in [-0.05, 0) is 93.2 Å². The van der Waals surface area contributed by atoms with Crippen LogP contribution in [-0.4, -0.2) is 59.1 Å². The van der Waals surface area contributed by atoms with Crippen molar-refractivity contribution in [2.24, 2.45) is 17.8 Å². The van der Waals surface area contributed by atoms with Gasteiger partial charge in [0.2, 0.25) is 0 Å². The molecule has 4 bridgehead atoms. The van der Waals surface area contributed by atoms with Crippen LogP contribution in [0.4, 0.5) is 11.5 Å². The number of hydrogen-bond donors (Lipinski definition) is 2. The number of ketones is 1. The van der Waals surface area contributed by atoms with E-state index in [2.05, 4.69) is 22.0 Å². The largest absolute Gasteiger partial charge is 0.390 e. The molecule has 5 fully saturated rings. The zero-order valence-corrected chi connectivity index (χ0v) is 21.9. The third kappa shape index (κ3) is 4.63. The summed E-state index contributed by atoms with van der Waals surface area (Å²) >= 11 is 0. The summed E-state index contributed by atoms with van der Waals surface area (Å²) in [7, 11) is 0. The van der Waals surface area contributed by atoms with Gasteiger partial charge in [-0.15, -0.1) is 0 Å². The second-order valence-corrected chi connectivity index (χ2v) is 11.9. The molecule has 37 heavy (non-hydrogen) atoms. The summed E-state index contributed by atoms with van der Waals surface area (Å²) in [6.07, 6.45) is 5.34. The maximum atomic E-state index is 13.3. The normalized spacial score (nSPS) is 32.5. The number of aliphatic hydroxyl groups is 1. The Morgan fingerprint density at radius 3 is 2.43 bits per heavy atom. The molecule has 7 nitrogen and oxygen atoms in total. The first kappa shape index (κ1) is 24.4. The lowest BCUT2D eigenvalue weighted by Gasteiger charge is -2.58. The van der Waals surface area contributed by atoms with Crippen LogP contribution in [0, 0.1) is 17.8 Å². The Balaban J connectivity index is 1.10. The molecule has 2 unspecified atom stereocenters. The van der Waals surface area contributed by atoms with Crippen molar-refractivity contribution < 1.29 is 14.7 Å². The van der Waals surface area contributed by atoms with E-state index in [4.69, 9.17) is 4.98 Å². The van der Waals surface area contributed by atoms with Gasteiger partial charge in [-0.25, -0.2) is 4.98 Å². The highest BCUT2D eigenvalue weighted by atomic mass is 16.3. The number of benzene rings is 1. The number of hydrogen-bond acceptors (Lipinski definition) is 6. The fourth-order valence-electron chi connectivity index (χ4n) is 7.75. The average molecular weight is 503 g/mol. The fraction of sp³-hybridized carbons (Fsp3) is 0.567. The molecular formula is C30H38N4O3. The zero-order valence-electron chi connectivity index (χ0n) is 21.9. The Morgan fingerprint density at radius 2 is 1.78 bits per heavy atom. The number of carbonyl (C=O) groups excluding carboxylic acids is 2. The summed E-state index contributed by atoms with van der Waals surface area (Å²) in [6.45, 7) is 6.57. The number of Topliss-reactive ketones (excluding diaryl/α,β-unsaturated/α-hetero) is 1. The van der Waals surface area contributed by atoms with Crippen LogP contribution < -0.4 is 15.1 Å². The number of piperazine rings is 1. The number of carbonyl (C=O) groups is 2. The van der Waals surface area contributed by atoms with Crippen LogP contribution >= 0.6 is 0 Å². The van der Waals surface area contributed by atoms with Crippen LogP contribution in [0.5, 0.6) is 0 Å². The lowest BCUT2D eigenvalue weighted by atomic mass is 9.52. The van der Waals surface area contributed by atoms with E-state index >= 15 is 0 Å². The molecule has 1 aliphatic heterocycles. The van der Waals surface area contributed by atoms with Gasteiger partial charge in [-0.2, -0.15) is 0 Å². The fourth-order valence-corrected chi connectivity index (χ4v) is 7.75. The summed E-state index contributed by atoms with van der Waals surface area (Å²) in [4.78, 5) is 34.6. The number of aromatic nitrogens is 1. The molecule has 1 amide bonds. The molecule has 0 spiro atoms. The minimum atomic E-state index is -0.497. The van der Waals surface area contributed by atoms with E-state index in [-0.39, 0.29) is 23.8 Å². The summed E-state index contributed by atoms with van der Waals surface area (Å²) in [5.74, 6) is 2.29. The second kappa shape index (κ2) is 9.43. The lowest BCUT2D eigenvalue weighted by Crippen LogP contribution is -2.61. The third-order valence-corrected chi connectivity index (χ3v) is 9.30. The Kier molecular flexibility index (Phi) is 6.22. The smallest absolute Gasteiger partial charge is 0.270 e. The van der Waals surface area contributed by atoms with Crippen LogP contribution in [0.1, 0.15) is 73.2 Å². The Labute approximate surface area is 219 Å². The molecule has 2 heterocycles. The molecule has 1 aromatic heterocycles. The minimum absolute atomic E-state index is 0.0979. The standard InChI is InChI=1S/C30H38N4O3/c1-3-26(35)21-7-9-24(10-8-21)33-11-12-34(19(2)18-33)27-6-4-5-25(31-27)29(36)32-28-22-13-20-14-23(28)17-30(37,15-20)16-22/h4-10,19-20,22-23,28,37H,3,11-18H2,1-2H3,(H,32,36)/t19-,20?,22?,23?,28-,30-/m1/s1. The van der Waals surface area contributed by atoms with Gasteiger partial charge in [0.05, 0.1) is 5.60 Å². The molecule has 1 aromatic carbocycles. The lowest BCUT2D eigenvalue weighted by molar-refractivity contribution is -0.136. The number of nitrogens with one attached hydrogen (secondary N) is 1. The van der Waals surface area contributed by atoms with Crippen LogP contribution in [0.2, 0.25) is 0 Å². The average Bonchev–Trinajstić information content (AvgIpc) is 2.89. The summed E-state index contributed by atoms with van der Waals surface area (Å²) in [5.41, 5.74) is 1.86. The number of nitrogens with zero attached hydrogens (tertiary/aromatic N) is 3. The molecule has 3 atom stereocenters. The van der Waals surface area contributed by atoms with E-state index in [1.807, 2.05) is 49.4 Å². The van der Waals surface area contributed by atoms with Crippen molar-refractivity contribution in [3.63, 3.8) is 0 Å². The van der Waals surface area contributed by atoms with Crippen molar-refractivity contribution in [3.8, 4) is 0 Å². The summed E-state index contributed by atoms with van der Waals surface area (Å²) < 4.78 is 0. The van der Waals surface area contributed by atoms with Crippen LogP contribution in [-0.2, 0) is 0 Å². The highest BCUT2D eigenvalue weighted by Gasteiger charge is 2.55. The van der Waals surface area contributed by atoms with E-state index in [0.29, 0.717) is 29.9 Å². The van der Waals surface area contributed by atoms with Crippen LogP contribution in [0.15, 0.2) is 42.5 Å². The zero-order chi connectivity index (χ0) is 25.7. The molecule has 1 saturated heterocycles. The maximum Gasteiger partial charge on any atom is 0.270 e.